The van der Waals surface area contributed by atoms with Gasteiger partial charge in [-0.05, 0) is 75.4 Å². The molecule has 0 aromatic heterocycles. The Morgan fingerprint density at radius 3 is 2.40 bits per heavy atom. The van der Waals surface area contributed by atoms with Crippen LogP contribution in [0.5, 0.6) is 0 Å². The quantitative estimate of drug-likeness (QED) is 0.428. The van der Waals surface area contributed by atoms with Gasteiger partial charge in [0.2, 0.25) is 5.78 Å². The van der Waals surface area contributed by atoms with Crippen molar-refractivity contribution in [1.82, 2.24) is 0 Å². The number of hydrogen-bond donors (Lipinski definition) is 1. The molecule has 0 bridgehead atoms. The average molecular weight is 511 g/mol. The largest absolute Gasteiger partial charge is 0.458 e. The normalized spacial score (nSPS) is 47.5. The number of alkyl halides is 1. The predicted octanol–water partition coefficient (Wildman–Crippen LogP) is 4.63. The van der Waals surface area contributed by atoms with Gasteiger partial charge in [-0.1, -0.05) is 20.8 Å². The zero-order chi connectivity index (χ0) is 26.2. The highest BCUT2D eigenvalue weighted by molar-refractivity contribution is 6.69. The Balaban J connectivity index is 1.81. The van der Waals surface area contributed by atoms with Crippen LogP contribution < -0.4 is 0 Å². The number of fused-ring (bicyclic) bond motifs is 5. The van der Waals surface area contributed by atoms with Crippen molar-refractivity contribution in [3.8, 4) is 0 Å². The van der Waals surface area contributed by atoms with Crippen molar-refractivity contribution in [1.29, 1.82) is 0 Å². The molecule has 9 atom stereocenters. The van der Waals surface area contributed by atoms with E-state index in [-0.39, 0.29) is 30.0 Å². The van der Waals surface area contributed by atoms with Gasteiger partial charge in [-0.25, -0.2) is 4.39 Å². The molecule has 0 heterocycles. The maximum absolute atomic E-state index is 18.1. The topological polar surface area (TPSA) is 89.9 Å². The van der Waals surface area contributed by atoms with E-state index in [4.69, 9.17) is 9.16 Å². The highest BCUT2D eigenvalue weighted by atomic mass is 28.4. The summed E-state index contributed by atoms with van der Waals surface area (Å²) in [5.41, 5.74) is -4.94. The van der Waals surface area contributed by atoms with Crippen LogP contribution in [0.3, 0.4) is 0 Å². The minimum absolute atomic E-state index is 0.00889. The molecular weight excluding hydrogens is 467 g/mol. The molecule has 0 saturated heterocycles. The average Bonchev–Trinajstić information content (AvgIpc) is 2.94. The lowest BCUT2D eigenvalue weighted by Gasteiger charge is -2.66. The van der Waals surface area contributed by atoms with Gasteiger partial charge in [0.15, 0.2) is 14.9 Å². The lowest BCUT2D eigenvalue weighted by atomic mass is 9.42. The molecule has 1 N–H and O–H groups in total. The summed E-state index contributed by atoms with van der Waals surface area (Å²) in [5, 5.41) is 12.1. The van der Waals surface area contributed by atoms with Gasteiger partial charge >= 0.3 is 5.97 Å². The number of rotatable bonds is 5. The Labute approximate surface area is 209 Å². The molecule has 0 aromatic carbocycles. The summed E-state index contributed by atoms with van der Waals surface area (Å²) in [6, 6.07) is 0. The lowest BCUT2D eigenvalue weighted by molar-refractivity contribution is -0.250. The third-order valence-electron chi connectivity index (χ3n) is 10.4. The van der Waals surface area contributed by atoms with E-state index in [9.17, 15) is 19.5 Å². The van der Waals surface area contributed by atoms with Crippen LogP contribution in [0.2, 0.25) is 19.6 Å². The van der Waals surface area contributed by atoms with E-state index in [0.717, 1.165) is 6.42 Å². The number of ketones is 2. The summed E-state index contributed by atoms with van der Waals surface area (Å²) in [5.74, 6) is -1.83. The summed E-state index contributed by atoms with van der Waals surface area (Å²) in [6.45, 7) is 12.7. The number of ether oxygens (including phenoxy) is 1. The number of carbonyl (C=O) groups excluding carboxylic acids is 3. The minimum atomic E-state index is -2.21. The molecule has 4 aliphatic carbocycles. The van der Waals surface area contributed by atoms with E-state index in [1.165, 1.54) is 6.92 Å². The molecule has 0 spiro atoms. The van der Waals surface area contributed by atoms with Gasteiger partial charge < -0.3 is 14.3 Å². The van der Waals surface area contributed by atoms with E-state index in [1.54, 1.807) is 0 Å². The van der Waals surface area contributed by atoms with E-state index < -0.39 is 60.8 Å². The Kier molecular flexibility index (Phi) is 6.50. The van der Waals surface area contributed by atoms with Crippen LogP contribution >= 0.6 is 0 Å². The first kappa shape index (κ1) is 26.9. The maximum atomic E-state index is 18.1. The second-order valence-electron chi connectivity index (χ2n) is 13.4. The molecule has 4 rings (SSSR count). The standard InChI is InChI=1S/C27H43FO6Si/c1-16-12-21-20-9-8-18-13-19(30)10-11-24(18,3)26(20,28)23(34-35(5,6)7)14-25(21,4)27(16,32)22(31)15-33-17(2)29/h16,18,20-21,23,32H,8-15H2,1-7H3/t16?,18?,20-,21-,23?,24-,25-,26-,27-/m0/s1. The van der Waals surface area contributed by atoms with Crippen LogP contribution in [0.15, 0.2) is 0 Å². The molecule has 3 unspecified atom stereocenters. The first-order chi connectivity index (χ1) is 16.0. The van der Waals surface area contributed by atoms with E-state index >= 15 is 4.39 Å². The molecule has 8 heteroatoms. The molecule has 4 saturated carbocycles. The molecular formula is C27H43FO6Si. The van der Waals surface area contributed by atoms with Crippen LogP contribution in [-0.4, -0.2) is 54.9 Å². The van der Waals surface area contributed by atoms with Crippen molar-refractivity contribution in [2.75, 3.05) is 6.61 Å². The summed E-state index contributed by atoms with van der Waals surface area (Å²) in [4.78, 5) is 37.1. The Morgan fingerprint density at radius 1 is 1.14 bits per heavy atom. The van der Waals surface area contributed by atoms with Crippen LogP contribution in [0.4, 0.5) is 4.39 Å². The SMILES string of the molecule is CC(=O)OCC(=O)[C@@]1(O)C(C)C[C@H]2[C@@H]3CCC4CC(=O)CC[C@]4(C)[C@@]3(F)C(O[Si](C)(C)C)C[C@@]21C. The van der Waals surface area contributed by atoms with Gasteiger partial charge in [0.05, 0.1) is 6.10 Å². The third-order valence-corrected chi connectivity index (χ3v) is 11.4. The highest BCUT2D eigenvalue weighted by Crippen LogP contribution is 2.72. The van der Waals surface area contributed by atoms with Crippen molar-refractivity contribution in [2.45, 2.75) is 110 Å². The fourth-order valence-corrected chi connectivity index (χ4v) is 9.88. The molecule has 35 heavy (non-hydrogen) atoms. The monoisotopic (exact) mass is 510 g/mol. The second kappa shape index (κ2) is 8.45. The van der Waals surface area contributed by atoms with Crippen LogP contribution in [0, 0.1) is 34.5 Å². The Morgan fingerprint density at radius 2 is 1.80 bits per heavy atom. The number of esters is 1. The number of halogens is 1. The maximum Gasteiger partial charge on any atom is 0.303 e. The third kappa shape index (κ3) is 3.80. The van der Waals surface area contributed by atoms with Crippen LogP contribution in [0.1, 0.15) is 72.6 Å². The van der Waals surface area contributed by atoms with Crippen molar-refractivity contribution in [3.63, 3.8) is 0 Å². The van der Waals surface area contributed by atoms with Gasteiger partial charge in [-0.2, -0.15) is 0 Å². The zero-order valence-electron chi connectivity index (χ0n) is 22.4. The van der Waals surface area contributed by atoms with Gasteiger partial charge in [-0.15, -0.1) is 0 Å². The van der Waals surface area contributed by atoms with Crippen molar-refractivity contribution >= 4 is 25.9 Å². The lowest BCUT2D eigenvalue weighted by Crippen LogP contribution is -2.72. The summed E-state index contributed by atoms with van der Waals surface area (Å²) < 4.78 is 29.7. The van der Waals surface area contributed by atoms with Crippen LogP contribution in [0.25, 0.3) is 0 Å². The fourth-order valence-electron chi connectivity index (χ4n) is 8.78. The van der Waals surface area contributed by atoms with Crippen molar-refractivity contribution in [2.24, 2.45) is 34.5 Å². The van der Waals surface area contributed by atoms with Gasteiger partial charge in [0.25, 0.3) is 0 Å². The second-order valence-corrected chi connectivity index (χ2v) is 17.8. The Bertz CT molecular complexity index is 918. The molecule has 6 nitrogen and oxygen atoms in total. The molecule has 198 valence electrons. The van der Waals surface area contributed by atoms with Crippen molar-refractivity contribution < 1.29 is 33.0 Å². The first-order valence-electron chi connectivity index (χ1n) is 13.3. The molecule has 4 aliphatic rings. The number of Topliss-reactive ketones (excluding diaryl/α,β-unsaturated/α-hetero) is 2. The van der Waals surface area contributed by atoms with Crippen molar-refractivity contribution in [3.05, 3.63) is 0 Å². The molecule has 0 aliphatic heterocycles. The summed E-state index contributed by atoms with van der Waals surface area (Å²) in [7, 11) is -2.21. The van der Waals surface area contributed by atoms with Gasteiger partial charge in [0.1, 0.15) is 17.1 Å². The number of aliphatic hydroxyl groups is 1. The minimum Gasteiger partial charge on any atom is -0.458 e. The molecule has 0 aromatic rings. The van der Waals surface area contributed by atoms with Crippen LogP contribution in [-0.2, 0) is 23.5 Å². The number of carbonyl (C=O) groups is 3. The Hall–Kier alpha value is -1.12. The summed E-state index contributed by atoms with van der Waals surface area (Å²) in [6.07, 6.45) is 2.75. The van der Waals surface area contributed by atoms with Gasteiger partial charge in [-0.3, -0.25) is 14.4 Å². The summed E-state index contributed by atoms with van der Waals surface area (Å²) >= 11 is 0. The predicted molar refractivity (Wildman–Crippen MR) is 132 cm³/mol. The highest BCUT2D eigenvalue weighted by Gasteiger charge is 2.77. The van der Waals surface area contributed by atoms with E-state index in [2.05, 4.69) is 0 Å². The molecule has 0 amide bonds. The van der Waals surface area contributed by atoms with E-state index in [1.807, 2.05) is 40.4 Å². The fraction of sp³-hybridized carbons (Fsp3) is 0.889. The van der Waals surface area contributed by atoms with Gasteiger partial charge in [0, 0.05) is 30.6 Å². The smallest absolute Gasteiger partial charge is 0.303 e. The first-order valence-corrected chi connectivity index (χ1v) is 16.7. The molecule has 0 radical (unpaired) electrons. The van der Waals surface area contributed by atoms with E-state index in [0.29, 0.717) is 32.1 Å². The zero-order valence-corrected chi connectivity index (χ0v) is 23.4. The number of hydrogen-bond acceptors (Lipinski definition) is 6. The molecule has 4 fully saturated rings.